The molecular weight excluding hydrogens is 314 g/mol. The Morgan fingerprint density at radius 2 is 2.00 bits per heavy atom. The summed E-state index contributed by atoms with van der Waals surface area (Å²) in [6.07, 6.45) is 0.845. The van der Waals surface area contributed by atoms with E-state index < -0.39 is 0 Å². The van der Waals surface area contributed by atoms with E-state index in [1.54, 1.807) is 24.3 Å². The van der Waals surface area contributed by atoms with Crippen molar-refractivity contribution >= 4 is 33.5 Å². The third kappa shape index (κ3) is 3.24. The normalized spacial score (nSPS) is 12.8. The minimum atomic E-state index is -0.0611. The molecule has 0 spiro atoms. The van der Waals surface area contributed by atoms with Crippen molar-refractivity contribution in [3.05, 3.63) is 57.2 Å². The molecule has 2 aromatic carbocycles. The van der Waals surface area contributed by atoms with Gasteiger partial charge < -0.3 is 14.8 Å². The molecule has 0 aliphatic heterocycles. The van der Waals surface area contributed by atoms with Gasteiger partial charge in [0.15, 0.2) is 0 Å². The lowest BCUT2D eigenvalue weighted by molar-refractivity contribution is 0.238. The first-order chi connectivity index (χ1) is 11.1. The second-order valence-corrected chi connectivity index (χ2v) is 6.01. The molecule has 0 amide bonds. The molecule has 0 fully saturated rings. The molecule has 0 saturated carbocycles. The molecule has 2 N–H and O–H groups in total. The Hall–Kier alpha value is -1.88. The molecule has 0 saturated heterocycles. The Labute approximate surface area is 138 Å². The zero-order chi connectivity index (χ0) is 16.4. The molecule has 0 radical (unpaired) electrons. The SMILES string of the molecule is CC[C@@H](CO)NCc1ccc2oc3cc(Cl)ccc3c(=O)c2c1. The number of benzene rings is 2. The van der Waals surface area contributed by atoms with E-state index in [0.29, 0.717) is 33.5 Å². The van der Waals surface area contributed by atoms with Gasteiger partial charge in [-0.1, -0.05) is 24.6 Å². The zero-order valence-corrected chi connectivity index (χ0v) is 13.6. The maximum atomic E-state index is 12.6. The van der Waals surface area contributed by atoms with Gasteiger partial charge in [-0.2, -0.15) is 0 Å². The maximum absolute atomic E-state index is 12.6. The van der Waals surface area contributed by atoms with Crippen LogP contribution in [-0.4, -0.2) is 17.8 Å². The lowest BCUT2D eigenvalue weighted by atomic mass is 10.1. The minimum absolute atomic E-state index is 0.0563. The van der Waals surface area contributed by atoms with Crippen LogP contribution in [0.1, 0.15) is 18.9 Å². The molecule has 0 bridgehead atoms. The van der Waals surface area contributed by atoms with Crippen molar-refractivity contribution in [3.8, 4) is 0 Å². The summed E-state index contributed by atoms with van der Waals surface area (Å²) in [7, 11) is 0. The van der Waals surface area contributed by atoms with Crippen LogP contribution in [0.15, 0.2) is 45.6 Å². The second-order valence-electron chi connectivity index (χ2n) is 5.57. The van der Waals surface area contributed by atoms with Gasteiger partial charge >= 0.3 is 0 Å². The van der Waals surface area contributed by atoms with Crippen LogP contribution >= 0.6 is 11.6 Å². The summed E-state index contributed by atoms with van der Waals surface area (Å²) in [5.74, 6) is 0. The molecular formula is C18H18ClNO3. The topological polar surface area (TPSA) is 62.5 Å². The largest absolute Gasteiger partial charge is 0.456 e. The smallest absolute Gasteiger partial charge is 0.200 e. The molecule has 3 rings (SSSR count). The molecule has 1 atom stereocenters. The highest BCUT2D eigenvalue weighted by Crippen LogP contribution is 2.22. The third-order valence-corrected chi connectivity index (χ3v) is 4.24. The number of fused-ring (bicyclic) bond motifs is 2. The minimum Gasteiger partial charge on any atom is -0.456 e. The first-order valence-corrected chi connectivity index (χ1v) is 7.99. The summed E-state index contributed by atoms with van der Waals surface area (Å²) in [4.78, 5) is 12.6. The van der Waals surface area contributed by atoms with E-state index in [4.69, 9.17) is 16.0 Å². The summed E-state index contributed by atoms with van der Waals surface area (Å²) < 4.78 is 5.79. The lowest BCUT2D eigenvalue weighted by Crippen LogP contribution is -2.31. The van der Waals surface area contributed by atoms with E-state index in [9.17, 15) is 9.90 Å². The van der Waals surface area contributed by atoms with Crippen molar-refractivity contribution in [2.24, 2.45) is 0 Å². The molecule has 0 unspecified atom stereocenters. The van der Waals surface area contributed by atoms with Crippen molar-refractivity contribution in [1.29, 1.82) is 0 Å². The highest BCUT2D eigenvalue weighted by Gasteiger charge is 2.10. The molecule has 120 valence electrons. The average molecular weight is 332 g/mol. The zero-order valence-electron chi connectivity index (χ0n) is 12.8. The van der Waals surface area contributed by atoms with E-state index >= 15 is 0 Å². The standard InChI is InChI=1S/C18H18ClNO3/c1-2-13(10-21)20-9-11-3-6-16-15(7-11)18(22)14-5-4-12(19)8-17(14)23-16/h3-8,13,20-21H,2,9-10H2,1H3/t13-/m0/s1. The Morgan fingerprint density at radius 3 is 2.74 bits per heavy atom. The van der Waals surface area contributed by atoms with Gasteiger partial charge in [0, 0.05) is 23.7 Å². The van der Waals surface area contributed by atoms with Gasteiger partial charge in [0.05, 0.1) is 17.4 Å². The van der Waals surface area contributed by atoms with Crippen LogP contribution in [0.25, 0.3) is 21.9 Å². The predicted molar refractivity (Wildman–Crippen MR) is 93.0 cm³/mol. The van der Waals surface area contributed by atoms with Crippen molar-refractivity contribution < 1.29 is 9.52 Å². The number of hydrogen-bond donors (Lipinski definition) is 2. The first-order valence-electron chi connectivity index (χ1n) is 7.61. The average Bonchev–Trinajstić information content (AvgIpc) is 2.56. The maximum Gasteiger partial charge on any atom is 0.200 e. The number of aliphatic hydroxyl groups is 1. The highest BCUT2D eigenvalue weighted by molar-refractivity contribution is 6.31. The fourth-order valence-electron chi connectivity index (χ4n) is 2.59. The molecule has 3 aromatic rings. The van der Waals surface area contributed by atoms with Gasteiger partial charge in [0.1, 0.15) is 11.2 Å². The summed E-state index contributed by atoms with van der Waals surface area (Å²) in [5, 5.41) is 14.1. The first kappa shape index (κ1) is 16.0. The summed E-state index contributed by atoms with van der Waals surface area (Å²) in [6.45, 7) is 2.70. The van der Waals surface area contributed by atoms with Crippen molar-refractivity contribution in [1.82, 2.24) is 5.32 Å². The summed E-state index contributed by atoms with van der Waals surface area (Å²) >= 11 is 5.96. The molecule has 1 aromatic heterocycles. The van der Waals surface area contributed by atoms with Gasteiger partial charge in [-0.3, -0.25) is 4.79 Å². The monoisotopic (exact) mass is 331 g/mol. The van der Waals surface area contributed by atoms with Crippen LogP contribution in [0.4, 0.5) is 0 Å². The van der Waals surface area contributed by atoms with Crippen molar-refractivity contribution in [2.75, 3.05) is 6.61 Å². The Balaban J connectivity index is 2.02. The van der Waals surface area contributed by atoms with E-state index in [0.717, 1.165) is 12.0 Å². The van der Waals surface area contributed by atoms with E-state index in [1.165, 1.54) is 0 Å². The lowest BCUT2D eigenvalue weighted by Gasteiger charge is -2.14. The number of hydrogen-bond acceptors (Lipinski definition) is 4. The van der Waals surface area contributed by atoms with Gasteiger partial charge in [-0.15, -0.1) is 0 Å². The molecule has 4 nitrogen and oxygen atoms in total. The van der Waals surface area contributed by atoms with Crippen LogP contribution in [0.3, 0.4) is 0 Å². The van der Waals surface area contributed by atoms with Gasteiger partial charge in [0.2, 0.25) is 5.43 Å². The van der Waals surface area contributed by atoms with Crippen LogP contribution < -0.4 is 10.7 Å². The van der Waals surface area contributed by atoms with E-state index in [1.807, 2.05) is 19.1 Å². The van der Waals surface area contributed by atoms with E-state index in [2.05, 4.69) is 5.32 Å². The van der Waals surface area contributed by atoms with E-state index in [-0.39, 0.29) is 18.1 Å². The van der Waals surface area contributed by atoms with Gasteiger partial charge in [-0.25, -0.2) is 0 Å². The molecule has 23 heavy (non-hydrogen) atoms. The highest BCUT2D eigenvalue weighted by atomic mass is 35.5. The Kier molecular flexibility index (Phi) is 4.66. The fourth-order valence-corrected chi connectivity index (χ4v) is 2.75. The fraction of sp³-hybridized carbons (Fsp3) is 0.278. The molecule has 5 heteroatoms. The van der Waals surface area contributed by atoms with Crippen molar-refractivity contribution in [3.63, 3.8) is 0 Å². The van der Waals surface area contributed by atoms with Crippen LogP contribution in [0, 0.1) is 0 Å². The number of aliphatic hydroxyl groups excluding tert-OH is 1. The summed E-state index contributed by atoms with van der Waals surface area (Å²) in [6, 6.07) is 10.6. The number of nitrogens with one attached hydrogen (secondary N) is 1. The Bertz CT molecular complexity index is 900. The van der Waals surface area contributed by atoms with Crippen LogP contribution in [-0.2, 0) is 6.54 Å². The van der Waals surface area contributed by atoms with Gasteiger partial charge in [-0.05, 0) is 36.2 Å². The molecule has 1 heterocycles. The molecule has 0 aliphatic carbocycles. The number of halogens is 1. The number of rotatable bonds is 5. The Morgan fingerprint density at radius 1 is 1.17 bits per heavy atom. The van der Waals surface area contributed by atoms with Crippen LogP contribution in [0.5, 0.6) is 0 Å². The van der Waals surface area contributed by atoms with Gasteiger partial charge in [0.25, 0.3) is 0 Å². The quantitative estimate of drug-likeness (QED) is 0.703. The summed E-state index contributed by atoms with van der Waals surface area (Å²) in [5.41, 5.74) is 1.95. The van der Waals surface area contributed by atoms with Crippen LogP contribution in [0.2, 0.25) is 5.02 Å². The second kappa shape index (κ2) is 6.71. The predicted octanol–water partition coefficient (Wildman–Crippen LogP) is 3.46. The van der Waals surface area contributed by atoms with Crippen molar-refractivity contribution in [2.45, 2.75) is 25.9 Å². The third-order valence-electron chi connectivity index (χ3n) is 4.00. The molecule has 0 aliphatic rings.